The molecule has 2 N–H and O–H groups in total. The van der Waals surface area contributed by atoms with E-state index in [9.17, 15) is 5.11 Å². The number of aromatic nitrogens is 2. The molecule has 2 heterocycles. The average Bonchev–Trinajstić information content (AvgIpc) is 3.04. The highest BCUT2D eigenvalue weighted by Gasteiger charge is 2.13. The van der Waals surface area contributed by atoms with Crippen molar-refractivity contribution in [3.8, 4) is 17.4 Å². The van der Waals surface area contributed by atoms with Crippen LogP contribution in [0.3, 0.4) is 0 Å². The molecule has 0 amide bonds. The molecule has 0 aliphatic heterocycles. The fourth-order valence-corrected chi connectivity index (χ4v) is 3.29. The van der Waals surface area contributed by atoms with Gasteiger partial charge in [-0.15, -0.1) is 11.3 Å². The number of ether oxygens (including phenoxy) is 1. The number of aromatic hydroxyl groups is 1. The standard InChI is InChI=1S/C20H23N3O2S/c1-12(2)20-23-15-9-16(24)17(10-18(15)26-20)25-19-8-7-14(11-22-19)6-5-13(3)21-4/h5-13,21,24H,1-4H3/b6-5+/t13-/m0/s1. The van der Waals surface area contributed by atoms with Crippen LogP contribution in [0.4, 0.5) is 0 Å². The van der Waals surface area contributed by atoms with Gasteiger partial charge in [0.1, 0.15) is 0 Å². The molecule has 5 nitrogen and oxygen atoms in total. The van der Waals surface area contributed by atoms with Crippen molar-refractivity contribution >= 4 is 27.6 Å². The van der Waals surface area contributed by atoms with E-state index >= 15 is 0 Å². The van der Waals surface area contributed by atoms with Gasteiger partial charge in [0.05, 0.1) is 15.2 Å². The molecular weight excluding hydrogens is 346 g/mol. The van der Waals surface area contributed by atoms with E-state index in [1.165, 1.54) is 0 Å². The van der Waals surface area contributed by atoms with E-state index in [1.807, 2.05) is 25.3 Å². The van der Waals surface area contributed by atoms with Crippen LogP contribution in [0.15, 0.2) is 36.5 Å². The molecule has 0 spiro atoms. The van der Waals surface area contributed by atoms with Crippen LogP contribution in [0.5, 0.6) is 17.4 Å². The number of rotatable bonds is 6. The smallest absolute Gasteiger partial charge is 0.219 e. The van der Waals surface area contributed by atoms with Gasteiger partial charge >= 0.3 is 0 Å². The largest absolute Gasteiger partial charge is 0.504 e. The third-order valence-corrected chi connectivity index (χ3v) is 5.30. The van der Waals surface area contributed by atoms with Crippen LogP contribution in [0.25, 0.3) is 16.3 Å². The Hall–Kier alpha value is -2.44. The molecule has 0 saturated heterocycles. The summed E-state index contributed by atoms with van der Waals surface area (Å²) in [5.41, 5.74) is 1.78. The number of phenolic OH excluding ortho intramolecular Hbond substituents is 1. The predicted molar refractivity (Wildman–Crippen MR) is 107 cm³/mol. The summed E-state index contributed by atoms with van der Waals surface area (Å²) in [7, 11) is 1.92. The molecule has 0 radical (unpaired) electrons. The molecule has 0 unspecified atom stereocenters. The summed E-state index contributed by atoms with van der Waals surface area (Å²) in [4.78, 5) is 8.86. The van der Waals surface area contributed by atoms with E-state index in [2.05, 4.69) is 42.1 Å². The van der Waals surface area contributed by atoms with Crippen LogP contribution in [0, 0.1) is 0 Å². The summed E-state index contributed by atoms with van der Waals surface area (Å²) >= 11 is 1.61. The maximum Gasteiger partial charge on any atom is 0.219 e. The van der Waals surface area contributed by atoms with Gasteiger partial charge < -0.3 is 15.2 Å². The number of phenols is 1. The molecule has 136 valence electrons. The van der Waals surface area contributed by atoms with Crippen LogP contribution in [0.2, 0.25) is 0 Å². The zero-order valence-electron chi connectivity index (χ0n) is 15.4. The molecule has 0 aliphatic rings. The minimum Gasteiger partial charge on any atom is -0.504 e. The first-order valence-electron chi connectivity index (χ1n) is 8.59. The summed E-state index contributed by atoms with van der Waals surface area (Å²) in [6, 6.07) is 7.48. The van der Waals surface area contributed by atoms with Crippen molar-refractivity contribution in [1.29, 1.82) is 0 Å². The number of likely N-dealkylation sites (N-methyl/N-ethyl adjacent to an activating group) is 1. The first-order chi connectivity index (χ1) is 12.5. The molecule has 2 aromatic heterocycles. The quantitative estimate of drug-likeness (QED) is 0.644. The second-order valence-electron chi connectivity index (χ2n) is 6.46. The lowest BCUT2D eigenvalue weighted by Crippen LogP contribution is -2.17. The van der Waals surface area contributed by atoms with Crippen LogP contribution < -0.4 is 10.1 Å². The molecule has 6 heteroatoms. The van der Waals surface area contributed by atoms with Gasteiger partial charge in [-0.3, -0.25) is 0 Å². The molecular formula is C20H23N3O2S. The topological polar surface area (TPSA) is 67.3 Å². The molecule has 3 rings (SSSR count). The summed E-state index contributed by atoms with van der Waals surface area (Å²) in [6.07, 6.45) is 5.81. The van der Waals surface area contributed by atoms with Crippen molar-refractivity contribution in [2.75, 3.05) is 7.05 Å². The monoisotopic (exact) mass is 369 g/mol. The van der Waals surface area contributed by atoms with Crippen molar-refractivity contribution in [1.82, 2.24) is 15.3 Å². The van der Waals surface area contributed by atoms with Gasteiger partial charge in [0, 0.05) is 36.4 Å². The number of benzene rings is 1. The minimum atomic E-state index is 0.0618. The zero-order chi connectivity index (χ0) is 18.7. The highest BCUT2D eigenvalue weighted by atomic mass is 32.1. The summed E-state index contributed by atoms with van der Waals surface area (Å²) in [6.45, 7) is 6.28. The van der Waals surface area contributed by atoms with E-state index in [4.69, 9.17) is 4.74 Å². The van der Waals surface area contributed by atoms with Crippen LogP contribution in [0.1, 0.15) is 37.3 Å². The average molecular weight is 369 g/mol. The molecule has 0 fully saturated rings. The van der Waals surface area contributed by atoms with E-state index < -0.39 is 0 Å². The highest BCUT2D eigenvalue weighted by Crippen LogP contribution is 2.37. The SMILES string of the molecule is CN[C@@H](C)/C=C/c1ccc(Oc2cc3sc(C(C)C)nc3cc2O)nc1. The summed E-state index contributed by atoms with van der Waals surface area (Å²) in [5, 5.41) is 14.4. The first-order valence-corrected chi connectivity index (χ1v) is 9.40. The Morgan fingerprint density at radius 2 is 2.04 bits per heavy atom. The van der Waals surface area contributed by atoms with E-state index in [-0.39, 0.29) is 5.75 Å². The number of hydrogen-bond acceptors (Lipinski definition) is 6. The van der Waals surface area contributed by atoms with Gasteiger partial charge in [-0.2, -0.15) is 0 Å². The normalized spacial score (nSPS) is 13.0. The lowest BCUT2D eigenvalue weighted by molar-refractivity contribution is 0.404. The van der Waals surface area contributed by atoms with Gasteiger partial charge in [0.25, 0.3) is 0 Å². The number of pyridine rings is 1. The Morgan fingerprint density at radius 3 is 2.69 bits per heavy atom. The second-order valence-corrected chi connectivity index (χ2v) is 7.52. The Morgan fingerprint density at radius 1 is 1.23 bits per heavy atom. The third kappa shape index (κ3) is 4.20. The highest BCUT2D eigenvalue weighted by molar-refractivity contribution is 7.18. The van der Waals surface area contributed by atoms with Crippen molar-refractivity contribution < 1.29 is 9.84 Å². The Kier molecular flexibility index (Phi) is 5.54. The number of nitrogens with zero attached hydrogens (tertiary/aromatic N) is 2. The molecule has 3 aromatic rings. The summed E-state index contributed by atoms with van der Waals surface area (Å²) < 4.78 is 6.76. The second kappa shape index (κ2) is 7.85. The third-order valence-electron chi connectivity index (χ3n) is 3.99. The van der Waals surface area contributed by atoms with Gasteiger partial charge in [-0.05, 0) is 25.6 Å². The maximum absolute atomic E-state index is 10.2. The van der Waals surface area contributed by atoms with Gasteiger partial charge in [-0.1, -0.05) is 26.0 Å². The van der Waals surface area contributed by atoms with Gasteiger partial charge in [0.2, 0.25) is 5.88 Å². The van der Waals surface area contributed by atoms with E-state index in [0.29, 0.717) is 23.6 Å². The summed E-state index contributed by atoms with van der Waals surface area (Å²) in [5.74, 6) is 1.24. The number of fused-ring (bicyclic) bond motifs is 1. The fraction of sp³-hybridized carbons (Fsp3) is 0.300. The first kappa shape index (κ1) is 18.4. The molecule has 0 saturated carbocycles. The van der Waals surface area contributed by atoms with Crippen LogP contribution in [-0.2, 0) is 0 Å². The number of thiazole rings is 1. The van der Waals surface area contributed by atoms with Crippen molar-refractivity contribution in [2.45, 2.75) is 32.7 Å². The van der Waals surface area contributed by atoms with Gasteiger partial charge in [0.15, 0.2) is 11.5 Å². The van der Waals surface area contributed by atoms with Crippen molar-refractivity contribution in [3.63, 3.8) is 0 Å². The van der Waals surface area contributed by atoms with Gasteiger partial charge in [-0.25, -0.2) is 9.97 Å². The predicted octanol–water partition coefficient (Wildman–Crippen LogP) is 4.93. The van der Waals surface area contributed by atoms with Crippen molar-refractivity contribution in [3.05, 3.63) is 47.1 Å². The lowest BCUT2D eigenvalue weighted by atomic mass is 10.2. The number of nitrogens with one attached hydrogen (secondary N) is 1. The number of hydrogen-bond donors (Lipinski definition) is 2. The molecule has 1 atom stereocenters. The van der Waals surface area contributed by atoms with Crippen LogP contribution in [-0.4, -0.2) is 28.2 Å². The van der Waals surface area contributed by atoms with Crippen LogP contribution >= 0.6 is 11.3 Å². The lowest BCUT2D eigenvalue weighted by Gasteiger charge is -2.07. The zero-order valence-corrected chi connectivity index (χ0v) is 16.2. The molecule has 1 aromatic carbocycles. The molecule has 0 bridgehead atoms. The molecule has 0 aliphatic carbocycles. The minimum absolute atomic E-state index is 0.0618. The Bertz CT molecular complexity index is 917. The molecule has 26 heavy (non-hydrogen) atoms. The van der Waals surface area contributed by atoms with Crippen molar-refractivity contribution in [2.24, 2.45) is 0 Å². The Balaban J connectivity index is 1.79. The van der Waals surface area contributed by atoms with E-state index in [0.717, 1.165) is 20.8 Å². The maximum atomic E-state index is 10.2. The van der Waals surface area contributed by atoms with E-state index in [1.54, 1.807) is 29.7 Å². The fourth-order valence-electron chi connectivity index (χ4n) is 2.31. The Labute approximate surface area is 157 Å².